The maximum Gasteiger partial charge on any atom is 0.259 e. The second-order valence-electron chi connectivity index (χ2n) is 3.70. The van der Waals surface area contributed by atoms with Gasteiger partial charge in [0.05, 0.1) is 16.8 Å². The summed E-state index contributed by atoms with van der Waals surface area (Å²) in [5.74, 6) is -0.274. The van der Waals surface area contributed by atoms with E-state index >= 15 is 0 Å². The highest BCUT2D eigenvalue weighted by Gasteiger charge is 2.13. The number of aromatic nitrogens is 1. The number of pyridine rings is 1. The number of amides is 1. The third kappa shape index (κ3) is 2.89. The Hall–Kier alpha value is -2.39. The Morgan fingerprint density at radius 1 is 1.42 bits per heavy atom. The summed E-state index contributed by atoms with van der Waals surface area (Å²) in [5.41, 5.74) is 6.73. The van der Waals surface area contributed by atoms with Crippen LogP contribution in [0.5, 0.6) is 0 Å². The van der Waals surface area contributed by atoms with E-state index in [2.05, 4.69) is 26.2 Å². The third-order valence-electron chi connectivity index (χ3n) is 2.43. The molecule has 0 radical (unpaired) electrons. The lowest BCUT2D eigenvalue weighted by Crippen LogP contribution is -2.15. The van der Waals surface area contributed by atoms with Gasteiger partial charge < -0.3 is 11.1 Å². The molecule has 0 atom stereocenters. The van der Waals surface area contributed by atoms with Gasteiger partial charge in [-0.05, 0) is 34.1 Å². The van der Waals surface area contributed by atoms with E-state index in [-0.39, 0.29) is 11.4 Å². The van der Waals surface area contributed by atoms with Crippen molar-refractivity contribution in [3.05, 3.63) is 52.1 Å². The van der Waals surface area contributed by atoms with E-state index in [1.165, 1.54) is 6.20 Å². The van der Waals surface area contributed by atoms with Crippen molar-refractivity contribution in [1.29, 1.82) is 5.26 Å². The first kappa shape index (κ1) is 13.1. The van der Waals surface area contributed by atoms with Crippen molar-refractivity contribution >= 4 is 33.3 Å². The van der Waals surface area contributed by atoms with Gasteiger partial charge in [-0.15, -0.1) is 0 Å². The number of rotatable bonds is 2. The first-order valence-corrected chi connectivity index (χ1v) is 6.12. The largest absolute Gasteiger partial charge is 0.383 e. The maximum absolute atomic E-state index is 12.1. The molecule has 1 amide bonds. The number of hydrogen-bond acceptors (Lipinski definition) is 4. The SMILES string of the molecule is N#Cc1ccccc1NC(=O)c1cc(Br)cnc1N. The van der Waals surface area contributed by atoms with Gasteiger partial charge in [-0.3, -0.25) is 4.79 Å². The van der Waals surface area contributed by atoms with E-state index < -0.39 is 5.91 Å². The number of nitrogens with two attached hydrogens (primary N) is 1. The van der Waals surface area contributed by atoms with Crippen LogP contribution in [0, 0.1) is 11.3 Å². The molecule has 0 aliphatic carbocycles. The number of carbonyl (C=O) groups excluding carboxylic acids is 1. The minimum atomic E-state index is -0.408. The van der Waals surface area contributed by atoms with Crippen LogP contribution in [0.25, 0.3) is 0 Å². The number of para-hydroxylation sites is 1. The molecule has 0 unspecified atom stereocenters. The van der Waals surface area contributed by atoms with Crippen LogP contribution in [0.4, 0.5) is 11.5 Å². The molecule has 0 fully saturated rings. The number of nitrogen functional groups attached to an aromatic ring is 1. The van der Waals surface area contributed by atoms with Crippen LogP contribution in [0.3, 0.4) is 0 Å². The molecule has 0 spiro atoms. The van der Waals surface area contributed by atoms with Crippen molar-refractivity contribution in [2.45, 2.75) is 0 Å². The fourth-order valence-electron chi connectivity index (χ4n) is 1.51. The highest BCUT2D eigenvalue weighted by molar-refractivity contribution is 9.10. The average molecular weight is 317 g/mol. The number of halogens is 1. The molecule has 3 N–H and O–H groups in total. The van der Waals surface area contributed by atoms with E-state index in [9.17, 15) is 4.79 Å². The van der Waals surface area contributed by atoms with Crippen LogP contribution in [-0.2, 0) is 0 Å². The van der Waals surface area contributed by atoms with Crippen LogP contribution in [0.1, 0.15) is 15.9 Å². The topological polar surface area (TPSA) is 91.8 Å². The lowest BCUT2D eigenvalue weighted by atomic mass is 10.2. The molecule has 0 aliphatic rings. The number of nitrogens with zero attached hydrogens (tertiary/aromatic N) is 2. The number of anilines is 2. The number of carbonyl (C=O) groups is 1. The van der Waals surface area contributed by atoms with Gasteiger partial charge in [0, 0.05) is 10.7 Å². The highest BCUT2D eigenvalue weighted by Crippen LogP contribution is 2.19. The predicted molar refractivity (Wildman–Crippen MR) is 75.5 cm³/mol. The molecular weight excluding hydrogens is 308 g/mol. The Labute approximate surface area is 118 Å². The minimum Gasteiger partial charge on any atom is -0.383 e. The van der Waals surface area contributed by atoms with Crippen molar-refractivity contribution in [3.63, 3.8) is 0 Å². The Morgan fingerprint density at radius 2 is 2.16 bits per heavy atom. The van der Waals surface area contributed by atoms with E-state index in [0.29, 0.717) is 15.7 Å². The second kappa shape index (κ2) is 5.50. The molecule has 0 aliphatic heterocycles. The lowest BCUT2D eigenvalue weighted by molar-refractivity contribution is 0.102. The summed E-state index contributed by atoms with van der Waals surface area (Å²) in [7, 11) is 0. The fourth-order valence-corrected chi connectivity index (χ4v) is 1.84. The van der Waals surface area contributed by atoms with Gasteiger partial charge in [-0.2, -0.15) is 5.26 Å². The average Bonchev–Trinajstić information content (AvgIpc) is 2.42. The quantitative estimate of drug-likeness (QED) is 0.890. The summed E-state index contributed by atoms with van der Waals surface area (Å²) in [6, 6.07) is 10.3. The van der Waals surface area contributed by atoms with Crippen molar-refractivity contribution in [2.24, 2.45) is 0 Å². The second-order valence-corrected chi connectivity index (χ2v) is 4.61. The molecule has 2 aromatic rings. The van der Waals surface area contributed by atoms with Crippen molar-refractivity contribution in [3.8, 4) is 6.07 Å². The van der Waals surface area contributed by atoms with Crippen LogP contribution in [0.15, 0.2) is 41.0 Å². The molecule has 94 valence electrons. The van der Waals surface area contributed by atoms with Gasteiger partial charge in [0.15, 0.2) is 0 Å². The predicted octanol–water partition coefficient (Wildman–Crippen LogP) is 2.55. The van der Waals surface area contributed by atoms with Crippen molar-refractivity contribution in [1.82, 2.24) is 4.98 Å². The first-order valence-electron chi connectivity index (χ1n) is 5.33. The van der Waals surface area contributed by atoms with Crippen LogP contribution < -0.4 is 11.1 Å². The Bertz CT molecular complexity index is 679. The molecule has 6 heteroatoms. The Morgan fingerprint density at radius 3 is 2.89 bits per heavy atom. The van der Waals surface area contributed by atoms with Gasteiger partial charge in [0.1, 0.15) is 11.9 Å². The molecule has 0 saturated carbocycles. The van der Waals surface area contributed by atoms with E-state index in [0.717, 1.165) is 0 Å². The van der Waals surface area contributed by atoms with Crippen molar-refractivity contribution < 1.29 is 4.79 Å². The lowest BCUT2D eigenvalue weighted by Gasteiger charge is -2.08. The number of benzene rings is 1. The summed E-state index contributed by atoms with van der Waals surface area (Å²) in [6.45, 7) is 0. The summed E-state index contributed by atoms with van der Waals surface area (Å²) < 4.78 is 0.653. The van der Waals surface area contributed by atoms with Gasteiger partial charge in [-0.25, -0.2) is 4.98 Å². The van der Waals surface area contributed by atoms with Gasteiger partial charge >= 0.3 is 0 Å². The van der Waals surface area contributed by atoms with Gasteiger partial charge in [-0.1, -0.05) is 12.1 Å². The molecule has 5 nitrogen and oxygen atoms in total. The normalized spacial score (nSPS) is 9.68. The monoisotopic (exact) mass is 316 g/mol. The summed E-state index contributed by atoms with van der Waals surface area (Å²) in [4.78, 5) is 16.0. The maximum atomic E-state index is 12.1. The molecule has 2 rings (SSSR count). The summed E-state index contributed by atoms with van der Waals surface area (Å²) in [6.07, 6.45) is 1.51. The summed E-state index contributed by atoms with van der Waals surface area (Å²) in [5, 5.41) is 11.6. The Kier molecular flexibility index (Phi) is 3.78. The summed E-state index contributed by atoms with van der Waals surface area (Å²) >= 11 is 3.23. The minimum absolute atomic E-state index is 0.134. The molecule has 1 heterocycles. The smallest absolute Gasteiger partial charge is 0.259 e. The fraction of sp³-hybridized carbons (Fsp3) is 0. The van der Waals surface area contributed by atoms with E-state index in [1.807, 2.05) is 6.07 Å². The van der Waals surface area contributed by atoms with Crippen molar-refractivity contribution in [2.75, 3.05) is 11.1 Å². The third-order valence-corrected chi connectivity index (χ3v) is 2.86. The van der Waals surface area contributed by atoms with E-state index in [4.69, 9.17) is 11.0 Å². The number of nitrogens with one attached hydrogen (secondary N) is 1. The molecule has 1 aromatic heterocycles. The zero-order valence-electron chi connectivity index (χ0n) is 9.72. The van der Waals surface area contributed by atoms with Gasteiger partial charge in [0.2, 0.25) is 0 Å². The highest BCUT2D eigenvalue weighted by atomic mass is 79.9. The van der Waals surface area contributed by atoms with Gasteiger partial charge in [0.25, 0.3) is 5.91 Å². The Balaban J connectivity index is 2.31. The first-order chi connectivity index (χ1) is 9.11. The zero-order valence-corrected chi connectivity index (χ0v) is 11.3. The molecular formula is C13H9BrN4O. The standard InChI is InChI=1S/C13H9BrN4O/c14-9-5-10(12(16)17-7-9)13(19)18-11-4-2-1-3-8(11)6-15/h1-5,7H,(H2,16,17)(H,18,19). The number of nitriles is 1. The molecule has 19 heavy (non-hydrogen) atoms. The molecule has 1 aromatic carbocycles. The number of hydrogen-bond donors (Lipinski definition) is 2. The van der Waals surface area contributed by atoms with Crippen LogP contribution in [0.2, 0.25) is 0 Å². The van der Waals surface area contributed by atoms with E-state index in [1.54, 1.807) is 30.3 Å². The van der Waals surface area contributed by atoms with Crippen LogP contribution in [-0.4, -0.2) is 10.9 Å². The molecule has 0 bridgehead atoms. The zero-order chi connectivity index (χ0) is 13.8. The van der Waals surface area contributed by atoms with Crippen LogP contribution >= 0.6 is 15.9 Å². The molecule has 0 saturated heterocycles.